The maximum absolute atomic E-state index is 15.0. The molecular weight excluding hydrogens is 652 g/mol. The number of carbonyl (C=O) groups is 1. The Balaban J connectivity index is 1.06. The smallest absolute Gasteiger partial charge is 0.355 e. The van der Waals surface area contributed by atoms with Crippen molar-refractivity contribution in [3.63, 3.8) is 0 Å². The van der Waals surface area contributed by atoms with Crippen LogP contribution in [0.25, 0.3) is 21.1 Å². The number of fused-ring (bicyclic) bond motifs is 3. The van der Waals surface area contributed by atoms with Crippen molar-refractivity contribution in [1.29, 1.82) is 0 Å². The van der Waals surface area contributed by atoms with Crippen LogP contribution in [-0.2, 0) is 26.4 Å². The third-order valence-electron chi connectivity index (χ3n) is 8.44. The van der Waals surface area contributed by atoms with Gasteiger partial charge in [0.25, 0.3) is 0 Å². The SMILES string of the molecule is Cc1c(Nc2nc3ccccc3s2)nnc2c1CCCN2c1nc(C(=O)O)c(CCCOc2cc3c(cc2F)c(CN(C)C)cn3C)s1. The molecule has 0 aliphatic carbocycles. The van der Waals surface area contributed by atoms with Crippen molar-refractivity contribution < 1.29 is 19.0 Å². The molecule has 0 bridgehead atoms. The predicted molar refractivity (Wildman–Crippen MR) is 188 cm³/mol. The number of carboxylic acid groups (broad SMARTS) is 1. The highest BCUT2D eigenvalue weighted by molar-refractivity contribution is 7.22. The fourth-order valence-corrected chi connectivity index (χ4v) is 8.15. The number of nitrogens with one attached hydrogen (secondary N) is 1. The van der Waals surface area contributed by atoms with Crippen LogP contribution in [0.5, 0.6) is 5.75 Å². The Morgan fingerprint density at radius 1 is 1.17 bits per heavy atom. The number of ether oxygens (including phenoxy) is 1. The molecule has 5 heterocycles. The minimum absolute atomic E-state index is 0.0192. The lowest BCUT2D eigenvalue weighted by molar-refractivity contribution is 0.0690. The number of hydrogen-bond acceptors (Lipinski definition) is 11. The Kier molecular flexibility index (Phi) is 8.71. The normalized spacial score (nSPS) is 13.1. The van der Waals surface area contributed by atoms with Crippen molar-refractivity contribution in [2.75, 3.05) is 37.5 Å². The summed E-state index contributed by atoms with van der Waals surface area (Å²) in [5, 5.41) is 24.6. The summed E-state index contributed by atoms with van der Waals surface area (Å²) in [6.45, 7) is 3.60. The van der Waals surface area contributed by atoms with Crippen LogP contribution < -0.4 is 15.0 Å². The van der Waals surface area contributed by atoms with Gasteiger partial charge in [0.05, 0.1) is 22.3 Å². The topological polar surface area (TPSA) is 122 Å². The molecule has 0 radical (unpaired) electrons. The summed E-state index contributed by atoms with van der Waals surface area (Å²) in [5.74, 6) is 0.0157. The number of benzene rings is 2. The second-order valence-corrected chi connectivity index (χ2v) is 14.3. The molecule has 248 valence electrons. The van der Waals surface area contributed by atoms with Gasteiger partial charge in [-0.25, -0.2) is 19.2 Å². The van der Waals surface area contributed by atoms with Crippen molar-refractivity contribution in [3.8, 4) is 5.75 Å². The van der Waals surface area contributed by atoms with Gasteiger partial charge in [-0.15, -0.1) is 21.5 Å². The van der Waals surface area contributed by atoms with Crippen LogP contribution in [0, 0.1) is 12.7 Å². The largest absolute Gasteiger partial charge is 0.490 e. The highest BCUT2D eigenvalue weighted by atomic mass is 32.1. The van der Waals surface area contributed by atoms with Crippen molar-refractivity contribution in [2.45, 2.75) is 39.2 Å². The number of nitrogens with zero attached hydrogens (tertiary/aromatic N) is 7. The Morgan fingerprint density at radius 3 is 2.79 bits per heavy atom. The minimum atomic E-state index is -1.09. The van der Waals surface area contributed by atoms with Crippen LogP contribution >= 0.6 is 22.7 Å². The van der Waals surface area contributed by atoms with E-state index in [0.717, 1.165) is 55.8 Å². The zero-order valence-corrected chi connectivity index (χ0v) is 28.7. The summed E-state index contributed by atoms with van der Waals surface area (Å²) < 4.78 is 24.0. The minimum Gasteiger partial charge on any atom is -0.490 e. The quantitative estimate of drug-likeness (QED) is 0.137. The first-order chi connectivity index (χ1) is 23.2. The first-order valence-corrected chi connectivity index (χ1v) is 17.3. The Bertz CT molecular complexity index is 2120. The highest BCUT2D eigenvalue weighted by Crippen LogP contribution is 2.39. The van der Waals surface area contributed by atoms with Gasteiger partial charge < -0.3 is 29.5 Å². The van der Waals surface area contributed by atoms with E-state index in [2.05, 4.69) is 25.5 Å². The Morgan fingerprint density at radius 2 is 2.00 bits per heavy atom. The molecule has 4 aromatic heterocycles. The molecule has 0 amide bonds. The van der Waals surface area contributed by atoms with E-state index in [1.165, 1.54) is 17.4 Å². The molecule has 2 N–H and O–H groups in total. The molecule has 0 spiro atoms. The van der Waals surface area contributed by atoms with E-state index >= 15 is 4.39 Å². The molecule has 11 nitrogen and oxygen atoms in total. The van der Waals surface area contributed by atoms with Crippen molar-refractivity contribution in [3.05, 3.63) is 75.7 Å². The van der Waals surface area contributed by atoms with Crippen molar-refractivity contribution in [2.24, 2.45) is 7.05 Å². The monoisotopic (exact) mass is 686 g/mol. The number of carboxylic acids is 1. The molecule has 0 atom stereocenters. The lowest BCUT2D eigenvalue weighted by Gasteiger charge is -2.28. The summed E-state index contributed by atoms with van der Waals surface area (Å²) >= 11 is 2.90. The number of aryl methyl sites for hydroxylation is 2. The van der Waals surface area contributed by atoms with E-state index < -0.39 is 11.8 Å². The molecular formula is C34H35FN8O3S2. The first kappa shape index (κ1) is 31.9. The summed E-state index contributed by atoms with van der Waals surface area (Å²) in [6, 6.07) is 11.2. The van der Waals surface area contributed by atoms with Gasteiger partial charge in [-0.3, -0.25) is 0 Å². The Labute approximate surface area is 284 Å². The van der Waals surface area contributed by atoms with Gasteiger partial charge in [-0.05, 0) is 70.5 Å². The van der Waals surface area contributed by atoms with Crippen LogP contribution in [0.3, 0.4) is 0 Å². The fraction of sp³-hybridized carbons (Fsp3) is 0.324. The lowest BCUT2D eigenvalue weighted by atomic mass is 10.0. The van der Waals surface area contributed by atoms with Gasteiger partial charge in [0, 0.05) is 53.8 Å². The van der Waals surface area contributed by atoms with E-state index in [1.54, 1.807) is 17.4 Å². The van der Waals surface area contributed by atoms with Gasteiger partial charge in [0.2, 0.25) is 0 Å². The number of aromatic carboxylic acids is 1. The van der Waals surface area contributed by atoms with Gasteiger partial charge in [0.1, 0.15) is 0 Å². The molecule has 14 heteroatoms. The second-order valence-electron chi connectivity index (χ2n) is 12.2. The molecule has 1 aliphatic rings. The number of halogens is 1. The number of aromatic nitrogens is 5. The number of para-hydroxylation sites is 1. The number of anilines is 4. The fourth-order valence-electron chi connectivity index (χ4n) is 6.16. The van der Waals surface area contributed by atoms with Crippen LogP contribution in [0.4, 0.5) is 26.3 Å². The molecule has 7 rings (SSSR count). The number of rotatable bonds is 11. The average molecular weight is 687 g/mol. The number of thiazole rings is 2. The number of hydrogen-bond donors (Lipinski definition) is 2. The molecule has 6 aromatic rings. The summed E-state index contributed by atoms with van der Waals surface area (Å²) in [4.78, 5) is 26.1. The van der Waals surface area contributed by atoms with Gasteiger partial charge in [-0.1, -0.05) is 23.5 Å². The predicted octanol–water partition coefficient (Wildman–Crippen LogP) is 7.08. The van der Waals surface area contributed by atoms with Crippen LogP contribution in [0.1, 0.15) is 44.9 Å². The van der Waals surface area contributed by atoms with Gasteiger partial charge in [-0.2, -0.15) is 0 Å². The van der Waals surface area contributed by atoms with Crippen LogP contribution in [0.15, 0.2) is 42.6 Å². The maximum Gasteiger partial charge on any atom is 0.355 e. The Hall–Kier alpha value is -4.66. The summed E-state index contributed by atoms with van der Waals surface area (Å²) in [5.41, 5.74) is 4.91. The van der Waals surface area contributed by atoms with Crippen LogP contribution in [0.2, 0.25) is 0 Å². The molecule has 0 fully saturated rings. The van der Waals surface area contributed by atoms with E-state index in [4.69, 9.17) is 4.74 Å². The van der Waals surface area contributed by atoms with Crippen molar-refractivity contribution >= 4 is 71.7 Å². The molecule has 0 saturated heterocycles. The zero-order valence-electron chi connectivity index (χ0n) is 27.1. The first-order valence-electron chi connectivity index (χ1n) is 15.7. The van der Waals surface area contributed by atoms with Gasteiger partial charge >= 0.3 is 5.97 Å². The van der Waals surface area contributed by atoms with Crippen LogP contribution in [-0.4, -0.2) is 68.0 Å². The van der Waals surface area contributed by atoms with Crippen molar-refractivity contribution in [1.82, 2.24) is 29.6 Å². The molecule has 48 heavy (non-hydrogen) atoms. The van der Waals surface area contributed by atoms with E-state index in [9.17, 15) is 9.90 Å². The van der Waals surface area contributed by atoms with E-state index in [-0.39, 0.29) is 18.1 Å². The lowest BCUT2D eigenvalue weighted by Crippen LogP contribution is -2.27. The average Bonchev–Trinajstić information content (AvgIpc) is 3.75. The second kappa shape index (κ2) is 13.1. The maximum atomic E-state index is 15.0. The molecule has 2 aromatic carbocycles. The zero-order chi connectivity index (χ0) is 33.5. The molecule has 1 aliphatic heterocycles. The third kappa shape index (κ3) is 6.18. The molecule has 0 unspecified atom stereocenters. The van der Waals surface area contributed by atoms with E-state index in [1.807, 2.05) is 72.9 Å². The third-order valence-corrected chi connectivity index (χ3v) is 10.5. The molecule has 0 saturated carbocycles. The standard InChI is InChI=1S/C34H35FN8O3S2/c1-19-21-9-7-13-43(31(21)40-39-30(19)38-33-36-24-10-5-6-11-27(24)47-33)34-37-29(32(44)45)28(48-34)12-8-14-46-26-16-25-22(15-23(26)35)20(17-41(2)3)18-42(25)4/h5-6,10-11,15-16,18H,7-9,12-14,17H2,1-4H3,(H,44,45)(H,36,38,39). The summed E-state index contributed by atoms with van der Waals surface area (Å²) in [7, 11) is 5.90. The summed E-state index contributed by atoms with van der Waals surface area (Å²) in [6.07, 6.45) is 4.62. The van der Waals surface area contributed by atoms with E-state index in [0.29, 0.717) is 47.6 Å². The van der Waals surface area contributed by atoms with Gasteiger partial charge in [0.15, 0.2) is 39.2 Å². The highest BCUT2D eigenvalue weighted by Gasteiger charge is 2.28.